The summed E-state index contributed by atoms with van der Waals surface area (Å²) in [5.74, 6) is 1.17. The number of H-pyrrole nitrogens is 1. The molecule has 0 radical (unpaired) electrons. The molecular formula is C21H36N4Si. The van der Waals surface area contributed by atoms with Crippen molar-refractivity contribution in [1.29, 1.82) is 0 Å². The smallest absolute Gasteiger partial charge is 0.139 e. The first-order valence-corrected chi connectivity index (χ1v) is 12.4. The highest BCUT2D eigenvalue weighted by Gasteiger charge is 2.45. The van der Waals surface area contributed by atoms with E-state index < -0.39 is 8.07 Å². The number of anilines is 1. The fourth-order valence-electron chi connectivity index (χ4n) is 5.51. The number of aromatic nitrogens is 2. The van der Waals surface area contributed by atoms with Gasteiger partial charge in [-0.3, -0.25) is 0 Å². The lowest BCUT2D eigenvalue weighted by molar-refractivity contribution is 0.312. The fourth-order valence-corrected chi connectivity index (χ4v) is 12.4. The zero-order chi connectivity index (χ0) is 19.1. The van der Waals surface area contributed by atoms with Gasteiger partial charge in [-0.2, -0.15) is 0 Å². The minimum atomic E-state index is -1.74. The molecule has 1 N–H and O–H groups in total. The second kappa shape index (κ2) is 7.35. The maximum absolute atomic E-state index is 5.01. The lowest BCUT2D eigenvalue weighted by Gasteiger charge is -2.44. The van der Waals surface area contributed by atoms with Crippen molar-refractivity contribution in [3.63, 3.8) is 0 Å². The van der Waals surface area contributed by atoms with Crippen LogP contribution in [0.15, 0.2) is 18.3 Å². The molecule has 0 bridgehead atoms. The first-order valence-electron chi connectivity index (χ1n) is 10.2. The number of piperazine rings is 1. The molecule has 5 heteroatoms. The molecule has 0 unspecified atom stereocenters. The quantitative estimate of drug-likeness (QED) is 0.799. The Morgan fingerprint density at radius 2 is 1.54 bits per heavy atom. The number of rotatable bonds is 5. The van der Waals surface area contributed by atoms with Gasteiger partial charge in [-0.1, -0.05) is 41.5 Å². The van der Waals surface area contributed by atoms with Crippen LogP contribution in [0.3, 0.4) is 0 Å². The maximum atomic E-state index is 5.01. The molecular weight excluding hydrogens is 336 g/mol. The number of pyridine rings is 1. The van der Waals surface area contributed by atoms with Gasteiger partial charge in [-0.15, -0.1) is 0 Å². The van der Waals surface area contributed by atoms with Crippen LogP contribution in [0.5, 0.6) is 0 Å². The zero-order valence-corrected chi connectivity index (χ0v) is 18.6. The molecule has 144 valence electrons. The monoisotopic (exact) mass is 372 g/mol. The van der Waals surface area contributed by atoms with E-state index in [1.807, 2.05) is 0 Å². The standard InChI is InChI=1S/C21H36N4Si/c1-15(2)26(16(3)4,17(5)6)19-14-20(23-21-18(19)8-9-22-21)25-12-10-24(7)11-13-25/h8-9,14-17H,10-13H2,1-7H3,(H,22,23). The Morgan fingerprint density at radius 3 is 2.08 bits per heavy atom. The minimum absolute atomic E-state index is 0.698. The van der Waals surface area contributed by atoms with Crippen molar-refractivity contribution in [3.05, 3.63) is 18.3 Å². The molecule has 0 aromatic carbocycles. The fraction of sp³-hybridized carbons (Fsp3) is 0.667. The average molecular weight is 373 g/mol. The lowest BCUT2D eigenvalue weighted by atomic mass is 10.3. The predicted molar refractivity (Wildman–Crippen MR) is 116 cm³/mol. The molecule has 1 aliphatic rings. The van der Waals surface area contributed by atoms with Gasteiger partial charge < -0.3 is 14.8 Å². The van der Waals surface area contributed by atoms with Crippen molar-refractivity contribution < 1.29 is 0 Å². The molecule has 0 saturated carbocycles. The van der Waals surface area contributed by atoms with Crippen molar-refractivity contribution in [2.75, 3.05) is 38.1 Å². The second-order valence-electron chi connectivity index (χ2n) is 8.96. The van der Waals surface area contributed by atoms with Gasteiger partial charge in [0.05, 0.1) is 8.07 Å². The predicted octanol–water partition coefficient (Wildman–Crippen LogP) is 4.20. The third-order valence-electron chi connectivity index (χ3n) is 6.67. The summed E-state index contributed by atoms with van der Waals surface area (Å²) in [4.78, 5) is 13.3. The van der Waals surface area contributed by atoms with E-state index in [9.17, 15) is 0 Å². The van der Waals surface area contributed by atoms with Gasteiger partial charge >= 0.3 is 0 Å². The van der Waals surface area contributed by atoms with Crippen molar-refractivity contribution >= 4 is 30.1 Å². The summed E-state index contributed by atoms with van der Waals surface area (Å²) < 4.78 is 0. The number of likely N-dealkylation sites (N-methyl/N-ethyl adjacent to an activating group) is 1. The topological polar surface area (TPSA) is 35.2 Å². The summed E-state index contributed by atoms with van der Waals surface area (Å²) in [7, 11) is 0.470. The Balaban J connectivity index is 2.19. The minimum Gasteiger partial charge on any atom is -0.354 e. The van der Waals surface area contributed by atoms with E-state index in [0.717, 1.165) is 31.8 Å². The third-order valence-corrected chi connectivity index (χ3v) is 13.8. The van der Waals surface area contributed by atoms with Crippen LogP contribution in [0.1, 0.15) is 41.5 Å². The van der Waals surface area contributed by atoms with Gasteiger partial charge in [-0.25, -0.2) is 4.98 Å². The number of hydrogen-bond donors (Lipinski definition) is 1. The molecule has 0 aliphatic carbocycles. The van der Waals surface area contributed by atoms with Crippen LogP contribution < -0.4 is 10.1 Å². The molecule has 3 rings (SSSR count). The van der Waals surface area contributed by atoms with Crippen molar-refractivity contribution in [1.82, 2.24) is 14.9 Å². The van der Waals surface area contributed by atoms with Gasteiger partial charge in [0.1, 0.15) is 11.5 Å². The second-order valence-corrected chi connectivity index (χ2v) is 14.8. The Kier molecular flexibility index (Phi) is 5.49. The van der Waals surface area contributed by atoms with E-state index in [0.29, 0.717) is 16.6 Å². The average Bonchev–Trinajstić information content (AvgIpc) is 3.03. The first kappa shape index (κ1) is 19.4. The molecule has 0 atom stereocenters. The van der Waals surface area contributed by atoms with Crippen LogP contribution in [0, 0.1) is 0 Å². The van der Waals surface area contributed by atoms with Gasteiger partial charge in [0.2, 0.25) is 0 Å². The summed E-state index contributed by atoms with van der Waals surface area (Å²) in [6.45, 7) is 19.0. The van der Waals surface area contributed by atoms with Crippen LogP contribution >= 0.6 is 0 Å². The molecule has 1 fully saturated rings. The van der Waals surface area contributed by atoms with Gasteiger partial charge in [-0.05, 0) is 41.0 Å². The van der Waals surface area contributed by atoms with E-state index >= 15 is 0 Å². The maximum Gasteiger partial charge on any atom is 0.139 e. The van der Waals surface area contributed by atoms with E-state index in [1.54, 1.807) is 5.19 Å². The number of nitrogens with zero attached hydrogens (tertiary/aromatic N) is 3. The van der Waals surface area contributed by atoms with Crippen LogP contribution in [0.4, 0.5) is 5.82 Å². The summed E-state index contributed by atoms with van der Waals surface area (Å²) in [6, 6.07) is 4.72. The highest BCUT2D eigenvalue weighted by atomic mass is 28.3. The van der Waals surface area contributed by atoms with Gasteiger partial charge in [0.25, 0.3) is 0 Å². The van der Waals surface area contributed by atoms with Crippen molar-refractivity contribution in [2.24, 2.45) is 0 Å². The van der Waals surface area contributed by atoms with Crippen LogP contribution in [-0.4, -0.2) is 56.2 Å². The Morgan fingerprint density at radius 1 is 0.962 bits per heavy atom. The molecule has 2 aromatic rings. The summed E-state index contributed by atoms with van der Waals surface area (Å²) in [5, 5.41) is 2.96. The number of hydrogen-bond acceptors (Lipinski definition) is 3. The highest BCUT2D eigenvalue weighted by molar-refractivity contribution is 6.96. The molecule has 1 saturated heterocycles. The largest absolute Gasteiger partial charge is 0.354 e. The van der Waals surface area contributed by atoms with E-state index in [1.165, 1.54) is 11.2 Å². The number of nitrogens with one attached hydrogen (secondary N) is 1. The number of fused-ring (bicyclic) bond motifs is 1. The highest BCUT2D eigenvalue weighted by Crippen LogP contribution is 2.42. The van der Waals surface area contributed by atoms with Crippen molar-refractivity contribution in [3.8, 4) is 0 Å². The molecule has 3 heterocycles. The first-order chi connectivity index (χ1) is 12.3. The van der Waals surface area contributed by atoms with Crippen molar-refractivity contribution in [2.45, 2.75) is 58.2 Å². The Hall–Kier alpha value is -1.33. The van der Waals surface area contributed by atoms with E-state index in [2.05, 4.69) is 81.7 Å². The molecule has 2 aromatic heterocycles. The van der Waals surface area contributed by atoms with Crippen LogP contribution in [-0.2, 0) is 0 Å². The van der Waals surface area contributed by atoms with Crippen LogP contribution in [0.25, 0.3) is 11.0 Å². The molecule has 4 nitrogen and oxygen atoms in total. The summed E-state index contributed by atoms with van der Waals surface area (Å²) in [6.07, 6.45) is 2.06. The Labute approximate surface area is 160 Å². The summed E-state index contributed by atoms with van der Waals surface area (Å²) >= 11 is 0. The van der Waals surface area contributed by atoms with Gasteiger partial charge in [0.15, 0.2) is 0 Å². The van der Waals surface area contributed by atoms with E-state index in [-0.39, 0.29) is 0 Å². The normalized spacial score (nSPS) is 17.2. The number of aromatic amines is 1. The zero-order valence-electron chi connectivity index (χ0n) is 17.6. The summed E-state index contributed by atoms with van der Waals surface area (Å²) in [5.41, 5.74) is 3.16. The Bertz CT molecular complexity index is 720. The van der Waals surface area contributed by atoms with Crippen LogP contribution in [0.2, 0.25) is 16.6 Å². The van der Waals surface area contributed by atoms with Gasteiger partial charge in [0, 0.05) is 37.8 Å². The molecule has 26 heavy (non-hydrogen) atoms. The molecule has 1 aliphatic heterocycles. The molecule has 0 amide bonds. The van der Waals surface area contributed by atoms with E-state index in [4.69, 9.17) is 4.98 Å². The lowest BCUT2D eigenvalue weighted by Crippen LogP contribution is -2.56. The SMILES string of the molecule is CC(C)[Si](c1cc(N2CCN(C)CC2)nc2[nH]ccc12)(C(C)C)C(C)C. The molecule has 0 spiro atoms. The third kappa shape index (κ3) is 3.09.